The molecule has 3 aromatic rings. The molecule has 1 aliphatic carbocycles. The molecule has 27 heavy (non-hydrogen) atoms. The maximum atomic E-state index is 4.73. The van der Waals surface area contributed by atoms with Gasteiger partial charge in [0.15, 0.2) is 5.96 Å². The summed E-state index contributed by atoms with van der Waals surface area (Å²) in [5.41, 5.74) is 3.88. The van der Waals surface area contributed by atoms with E-state index in [0.29, 0.717) is 6.54 Å². The minimum absolute atomic E-state index is 0.264. The highest BCUT2D eigenvalue weighted by Crippen LogP contribution is 2.47. The molecule has 138 valence electrons. The minimum Gasteiger partial charge on any atom is -0.356 e. The molecule has 0 radical (unpaired) electrons. The van der Waals surface area contributed by atoms with Crippen LogP contribution < -0.4 is 10.6 Å². The summed E-state index contributed by atoms with van der Waals surface area (Å²) < 4.78 is 0. The van der Waals surface area contributed by atoms with Crippen LogP contribution in [0.25, 0.3) is 10.6 Å². The number of benzene rings is 2. The summed E-state index contributed by atoms with van der Waals surface area (Å²) in [6, 6.07) is 21.1. The van der Waals surface area contributed by atoms with Crippen molar-refractivity contribution in [1.29, 1.82) is 0 Å². The van der Waals surface area contributed by atoms with Crippen LogP contribution in [0, 0.1) is 0 Å². The van der Waals surface area contributed by atoms with Crippen molar-refractivity contribution in [2.75, 3.05) is 13.6 Å². The van der Waals surface area contributed by atoms with Gasteiger partial charge in [-0.2, -0.15) is 0 Å². The molecule has 0 aliphatic heterocycles. The molecule has 1 aromatic heterocycles. The van der Waals surface area contributed by atoms with E-state index in [-0.39, 0.29) is 5.41 Å². The first-order valence-electron chi connectivity index (χ1n) is 9.29. The fraction of sp³-hybridized carbons (Fsp3) is 0.273. The zero-order valence-corrected chi connectivity index (χ0v) is 16.3. The van der Waals surface area contributed by atoms with Crippen molar-refractivity contribution in [2.45, 2.75) is 24.8 Å². The lowest BCUT2D eigenvalue weighted by Crippen LogP contribution is -2.40. The minimum atomic E-state index is 0.264. The second-order valence-electron chi connectivity index (χ2n) is 6.94. The van der Waals surface area contributed by atoms with Crippen LogP contribution >= 0.6 is 11.3 Å². The van der Waals surface area contributed by atoms with E-state index in [1.165, 1.54) is 18.4 Å². The summed E-state index contributed by atoms with van der Waals surface area (Å²) in [5.74, 6) is 0.825. The fourth-order valence-electron chi connectivity index (χ4n) is 3.26. The quantitative estimate of drug-likeness (QED) is 0.501. The van der Waals surface area contributed by atoms with Gasteiger partial charge in [0.1, 0.15) is 5.01 Å². The van der Waals surface area contributed by atoms with Gasteiger partial charge in [0.2, 0.25) is 0 Å². The highest BCUT2D eigenvalue weighted by molar-refractivity contribution is 7.13. The lowest BCUT2D eigenvalue weighted by atomic mass is 9.96. The van der Waals surface area contributed by atoms with Crippen LogP contribution in [-0.4, -0.2) is 24.5 Å². The Kier molecular flexibility index (Phi) is 5.21. The molecule has 1 aliphatic rings. The predicted molar refractivity (Wildman–Crippen MR) is 113 cm³/mol. The van der Waals surface area contributed by atoms with E-state index in [0.717, 1.165) is 28.8 Å². The lowest BCUT2D eigenvalue weighted by Gasteiger charge is -2.18. The Balaban J connectivity index is 1.32. The first-order chi connectivity index (χ1) is 13.3. The van der Waals surface area contributed by atoms with Crippen molar-refractivity contribution < 1.29 is 0 Å². The second-order valence-corrected chi connectivity index (χ2v) is 7.79. The average molecular weight is 377 g/mol. The Labute approximate surface area is 164 Å². The molecule has 5 heteroatoms. The molecule has 0 bridgehead atoms. The zero-order chi connectivity index (χ0) is 18.5. The largest absolute Gasteiger partial charge is 0.356 e. The highest BCUT2D eigenvalue weighted by atomic mass is 32.1. The highest BCUT2D eigenvalue weighted by Gasteiger charge is 2.43. The van der Waals surface area contributed by atoms with Crippen molar-refractivity contribution in [1.82, 2.24) is 15.6 Å². The van der Waals surface area contributed by atoms with Crippen molar-refractivity contribution in [3.05, 3.63) is 77.3 Å². The molecule has 0 unspecified atom stereocenters. The van der Waals surface area contributed by atoms with Crippen molar-refractivity contribution >= 4 is 17.3 Å². The van der Waals surface area contributed by atoms with E-state index < -0.39 is 0 Å². The summed E-state index contributed by atoms with van der Waals surface area (Å²) >= 11 is 1.68. The van der Waals surface area contributed by atoms with Gasteiger partial charge in [-0.25, -0.2) is 4.98 Å². The summed E-state index contributed by atoms with van der Waals surface area (Å²) in [4.78, 5) is 9.09. The number of rotatable bonds is 6. The maximum absolute atomic E-state index is 4.73. The van der Waals surface area contributed by atoms with Crippen LogP contribution in [0.5, 0.6) is 0 Å². The second kappa shape index (κ2) is 7.92. The SMILES string of the molecule is CN=C(NCc1csc(-c2ccccc2)n1)NCC1(c2ccccc2)CC1. The van der Waals surface area contributed by atoms with E-state index in [9.17, 15) is 0 Å². The normalized spacial score (nSPS) is 15.4. The van der Waals surface area contributed by atoms with Crippen molar-refractivity contribution in [2.24, 2.45) is 4.99 Å². The summed E-state index contributed by atoms with van der Waals surface area (Å²) in [5, 5.41) is 10.0. The van der Waals surface area contributed by atoms with E-state index in [2.05, 4.69) is 63.5 Å². The fourth-order valence-corrected chi connectivity index (χ4v) is 4.09. The molecule has 1 heterocycles. The van der Waals surface area contributed by atoms with Crippen LogP contribution in [0.3, 0.4) is 0 Å². The Hall–Kier alpha value is -2.66. The average Bonchev–Trinajstić information content (AvgIpc) is 3.38. The van der Waals surface area contributed by atoms with Crippen LogP contribution in [0.1, 0.15) is 24.1 Å². The molecule has 0 amide bonds. The molecular weight excluding hydrogens is 352 g/mol. The smallest absolute Gasteiger partial charge is 0.191 e. The van der Waals surface area contributed by atoms with Gasteiger partial charge >= 0.3 is 0 Å². The summed E-state index contributed by atoms with van der Waals surface area (Å²) in [7, 11) is 1.81. The molecule has 0 spiro atoms. The van der Waals surface area contributed by atoms with Gasteiger partial charge < -0.3 is 10.6 Å². The molecule has 4 rings (SSSR count). The first kappa shape index (κ1) is 17.7. The third-order valence-electron chi connectivity index (χ3n) is 5.07. The van der Waals surface area contributed by atoms with Crippen molar-refractivity contribution in [3.63, 3.8) is 0 Å². The van der Waals surface area contributed by atoms with Gasteiger partial charge in [-0.1, -0.05) is 60.7 Å². The Morgan fingerprint density at radius 3 is 2.41 bits per heavy atom. The molecule has 2 aromatic carbocycles. The summed E-state index contributed by atoms with van der Waals surface area (Å²) in [6.07, 6.45) is 2.46. The number of hydrogen-bond acceptors (Lipinski definition) is 3. The Morgan fingerprint density at radius 2 is 1.74 bits per heavy atom. The first-order valence-corrected chi connectivity index (χ1v) is 10.2. The third kappa shape index (κ3) is 4.19. The van der Waals surface area contributed by atoms with Gasteiger partial charge in [-0.3, -0.25) is 4.99 Å². The molecule has 0 saturated heterocycles. The molecule has 0 atom stereocenters. The van der Waals surface area contributed by atoms with Gasteiger partial charge in [0, 0.05) is 30.0 Å². The van der Waals surface area contributed by atoms with Crippen LogP contribution in [0.4, 0.5) is 0 Å². The zero-order valence-electron chi connectivity index (χ0n) is 15.5. The number of aliphatic imine (C=N–C) groups is 1. The van der Waals surface area contributed by atoms with Crippen LogP contribution in [-0.2, 0) is 12.0 Å². The van der Waals surface area contributed by atoms with Crippen LogP contribution in [0.15, 0.2) is 71.0 Å². The van der Waals surface area contributed by atoms with E-state index >= 15 is 0 Å². The third-order valence-corrected chi connectivity index (χ3v) is 6.01. The standard InChI is InChI=1S/C22H24N4S/c1-23-21(25-16-22(12-13-22)18-10-6-3-7-11-18)24-14-19-15-27-20(26-19)17-8-4-2-5-9-17/h2-11,15H,12-14,16H2,1H3,(H2,23,24,25). The molecule has 1 saturated carbocycles. The number of nitrogens with zero attached hydrogens (tertiary/aromatic N) is 2. The summed E-state index contributed by atoms with van der Waals surface area (Å²) in [6.45, 7) is 1.57. The lowest BCUT2D eigenvalue weighted by molar-refractivity contribution is 0.645. The predicted octanol–water partition coefficient (Wildman–Crippen LogP) is 4.21. The molecular formula is C22H24N4S. The Bertz CT molecular complexity index is 898. The number of nitrogens with one attached hydrogen (secondary N) is 2. The molecule has 1 fully saturated rings. The van der Waals surface area contributed by atoms with E-state index in [4.69, 9.17) is 4.98 Å². The van der Waals surface area contributed by atoms with Crippen molar-refractivity contribution in [3.8, 4) is 10.6 Å². The number of aromatic nitrogens is 1. The van der Waals surface area contributed by atoms with Gasteiger partial charge in [-0.05, 0) is 18.4 Å². The van der Waals surface area contributed by atoms with E-state index in [1.807, 2.05) is 25.2 Å². The number of thiazole rings is 1. The number of hydrogen-bond donors (Lipinski definition) is 2. The van der Waals surface area contributed by atoms with Gasteiger partial charge in [0.05, 0.1) is 12.2 Å². The van der Waals surface area contributed by atoms with E-state index in [1.54, 1.807) is 11.3 Å². The number of guanidine groups is 1. The van der Waals surface area contributed by atoms with Crippen LogP contribution in [0.2, 0.25) is 0 Å². The molecule has 4 nitrogen and oxygen atoms in total. The monoisotopic (exact) mass is 376 g/mol. The maximum Gasteiger partial charge on any atom is 0.191 e. The molecule has 2 N–H and O–H groups in total. The Morgan fingerprint density at radius 1 is 1.04 bits per heavy atom. The topological polar surface area (TPSA) is 49.3 Å². The van der Waals surface area contributed by atoms with Gasteiger partial charge in [0.25, 0.3) is 0 Å². The van der Waals surface area contributed by atoms with Gasteiger partial charge in [-0.15, -0.1) is 11.3 Å².